The summed E-state index contributed by atoms with van der Waals surface area (Å²) in [7, 11) is 2.16. The maximum atomic E-state index is 3.83. The number of nitrogens with zero attached hydrogens (tertiary/aromatic N) is 1. The molecular formula is C8H14Br2N2S. The molecule has 2 aliphatic rings. The van der Waals surface area contributed by atoms with Gasteiger partial charge in [-0.25, -0.2) is 9.03 Å². The van der Waals surface area contributed by atoms with Gasteiger partial charge in [0.15, 0.2) is 0 Å². The molecule has 0 spiro atoms. The Morgan fingerprint density at radius 1 is 1.62 bits per heavy atom. The van der Waals surface area contributed by atoms with Crippen molar-refractivity contribution >= 4 is 44.0 Å². The fourth-order valence-electron chi connectivity index (χ4n) is 2.14. The Hall–Kier alpha value is 1.23. The van der Waals surface area contributed by atoms with Crippen LogP contribution in [0.5, 0.6) is 0 Å². The molecule has 1 aliphatic heterocycles. The van der Waals surface area contributed by atoms with Gasteiger partial charge in [0.2, 0.25) is 0 Å². The van der Waals surface area contributed by atoms with Crippen LogP contribution < -0.4 is 4.72 Å². The largest absolute Gasteiger partial charge is 0.244 e. The van der Waals surface area contributed by atoms with Crippen molar-refractivity contribution < 1.29 is 0 Å². The summed E-state index contributed by atoms with van der Waals surface area (Å²) in [6.45, 7) is 2.29. The second-order valence-corrected chi connectivity index (χ2v) is 8.04. The Bertz CT molecular complexity index is 212. The molecular weight excluding hydrogens is 316 g/mol. The SMILES string of the molecule is CN1SNC2C1C(Br)CCC2(C)Br. The molecule has 76 valence electrons. The summed E-state index contributed by atoms with van der Waals surface area (Å²) in [6.07, 6.45) is 2.47. The first-order valence-corrected chi connectivity index (χ1v) is 6.99. The number of likely N-dealkylation sites (N-methyl/N-ethyl adjacent to an activating group) is 1. The zero-order valence-corrected chi connectivity index (χ0v) is 11.7. The Labute approximate surface area is 101 Å². The normalized spacial score (nSPS) is 52.2. The van der Waals surface area contributed by atoms with Gasteiger partial charge in [-0.05, 0) is 26.8 Å². The van der Waals surface area contributed by atoms with Crippen LogP contribution in [0.25, 0.3) is 0 Å². The van der Waals surface area contributed by atoms with E-state index in [4.69, 9.17) is 0 Å². The number of alkyl halides is 2. The second-order valence-electron chi connectivity index (χ2n) is 4.06. The summed E-state index contributed by atoms with van der Waals surface area (Å²) in [5, 5.41) is 0. The lowest BCUT2D eigenvalue weighted by Crippen LogP contribution is -2.55. The van der Waals surface area contributed by atoms with Crippen LogP contribution in [0.15, 0.2) is 0 Å². The topological polar surface area (TPSA) is 15.3 Å². The van der Waals surface area contributed by atoms with E-state index in [2.05, 4.69) is 54.9 Å². The summed E-state index contributed by atoms with van der Waals surface area (Å²) in [5.41, 5.74) is 0. The van der Waals surface area contributed by atoms with E-state index in [1.807, 2.05) is 0 Å². The zero-order valence-electron chi connectivity index (χ0n) is 7.76. The minimum absolute atomic E-state index is 0.250. The van der Waals surface area contributed by atoms with E-state index in [0.29, 0.717) is 16.9 Å². The first-order valence-electron chi connectivity index (χ1n) is 4.51. The maximum absolute atomic E-state index is 3.83. The van der Waals surface area contributed by atoms with Gasteiger partial charge in [0.25, 0.3) is 0 Å². The molecule has 0 radical (unpaired) electrons. The van der Waals surface area contributed by atoms with Crippen molar-refractivity contribution in [1.82, 2.24) is 9.03 Å². The number of nitrogens with one attached hydrogen (secondary N) is 1. The predicted molar refractivity (Wildman–Crippen MR) is 65.3 cm³/mol. The first kappa shape index (κ1) is 10.7. The van der Waals surface area contributed by atoms with Crippen LogP contribution >= 0.6 is 44.0 Å². The molecule has 1 aliphatic carbocycles. The first-order chi connectivity index (χ1) is 6.02. The number of hydrogen-bond donors (Lipinski definition) is 1. The molecule has 2 fully saturated rings. The number of halogens is 2. The lowest BCUT2D eigenvalue weighted by atomic mass is 9.82. The highest BCUT2D eigenvalue weighted by Gasteiger charge is 2.49. The molecule has 1 N–H and O–H groups in total. The number of fused-ring (bicyclic) bond motifs is 1. The summed E-state index contributed by atoms with van der Waals surface area (Å²) < 4.78 is 6.07. The average molecular weight is 330 g/mol. The molecule has 4 atom stereocenters. The van der Waals surface area contributed by atoms with E-state index >= 15 is 0 Å². The molecule has 0 aromatic carbocycles. The quantitative estimate of drug-likeness (QED) is 0.543. The Balaban J connectivity index is 2.21. The van der Waals surface area contributed by atoms with Crippen LogP contribution in [0.2, 0.25) is 0 Å². The summed E-state index contributed by atoms with van der Waals surface area (Å²) >= 11 is 9.33. The maximum Gasteiger partial charge on any atom is 0.0512 e. The molecule has 13 heavy (non-hydrogen) atoms. The highest BCUT2D eigenvalue weighted by Crippen LogP contribution is 2.44. The summed E-state index contributed by atoms with van der Waals surface area (Å²) in [4.78, 5) is 0.621. The standard InChI is InChI=1S/C8H14Br2N2S/c1-8(10)4-3-5(9)6-7(8)11-13-12(6)2/h5-7,11H,3-4H2,1-2H3. The van der Waals surface area contributed by atoms with Gasteiger partial charge in [0.05, 0.1) is 12.1 Å². The minimum atomic E-state index is 0.250. The zero-order chi connectivity index (χ0) is 9.64. The molecule has 0 amide bonds. The molecule has 2 rings (SSSR count). The monoisotopic (exact) mass is 328 g/mol. The molecule has 0 aromatic heterocycles. The smallest absolute Gasteiger partial charge is 0.0512 e. The lowest BCUT2D eigenvalue weighted by Gasteiger charge is -2.41. The average Bonchev–Trinajstić information content (AvgIpc) is 2.42. The summed E-state index contributed by atoms with van der Waals surface area (Å²) in [6, 6.07) is 1.14. The van der Waals surface area contributed by atoms with Gasteiger partial charge in [-0.3, -0.25) is 0 Å². The van der Waals surface area contributed by atoms with E-state index in [1.165, 1.54) is 12.8 Å². The van der Waals surface area contributed by atoms with Crippen LogP contribution in [0, 0.1) is 0 Å². The molecule has 5 heteroatoms. The van der Waals surface area contributed by atoms with E-state index in [-0.39, 0.29) is 4.32 Å². The number of hydrogen-bond acceptors (Lipinski definition) is 3. The van der Waals surface area contributed by atoms with Crippen molar-refractivity contribution in [2.45, 2.75) is 41.0 Å². The van der Waals surface area contributed by atoms with Crippen LogP contribution in [-0.2, 0) is 0 Å². The Kier molecular flexibility index (Phi) is 3.03. The summed E-state index contributed by atoms with van der Waals surface area (Å²) in [5.74, 6) is 0. The highest BCUT2D eigenvalue weighted by atomic mass is 79.9. The van der Waals surface area contributed by atoms with Gasteiger partial charge in [0.1, 0.15) is 0 Å². The van der Waals surface area contributed by atoms with Crippen molar-refractivity contribution in [3.63, 3.8) is 0 Å². The van der Waals surface area contributed by atoms with Crippen LogP contribution in [0.4, 0.5) is 0 Å². The Morgan fingerprint density at radius 2 is 2.31 bits per heavy atom. The van der Waals surface area contributed by atoms with Gasteiger partial charge in [-0.2, -0.15) is 0 Å². The third-order valence-corrected chi connectivity index (χ3v) is 5.79. The molecule has 1 saturated heterocycles. The third-order valence-electron chi connectivity index (χ3n) is 3.01. The van der Waals surface area contributed by atoms with Crippen LogP contribution in [0.3, 0.4) is 0 Å². The van der Waals surface area contributed by atoms with Gasteiger partial charge in [-0.1, -0.05) is 31.9 Å². The van der Waals surface area contributed by atoms with Gasteiger partial charge in [-0.15, -0.1) is 0 Å². The van der Waals surface area contributed by atoms with Crippen molar-refractivity contribution in [2.75, 3.05) is 7.05 Å². The molecule has 4 unspecified atom stereocenters. The fourth-order valence-corrected chi connectivity index (χ4v) is 5.02. The predicted octanol–water partition coefficient (Wildman–Crippen LogP) is 2.53. The van der Waals surface area contributed by atoms with Crippen LogP contribution in [0.1, 0.15) is 19.8 Å². The molecule has 1 saturated carbocycles. The second kappa shape index (κ2) is 3.67. The van der Waals surface area contributed by atoms with Gasteiger partial charge < -0.3 is 0 Å². The fraction of sp³-hybridized carbons (Fsp3) is 1.00. The Morgan fingerprint density at radius 3 is 2.92 bits per heavy atom. The molecule has 0 bridgehead atoms. The van der Waals surface area contributed by atoms with Crippen molar-refractivity contribution in [3.8, 4) is 0 Å². The van der Waals surface area contributed by atoms with E-state index in [1.54, 1.807) is 12.1 Å². The van der Waals surface area contributed by atoms with Crippen molar-refractivity contribution in [3.05, 3.63) is 0 Å². The van der Waals surface area contributed by atoms with Crippen molar-refractivity contribution in [2.24, 2.45) is 0 Å². The molecule has 0 aromatic rings. The van der Waals surface area contributed by atoms with Gasteiger partial charge >= 0.3 is 0 Å². The minimum Gasteiger partial charge on any atom is -0.244 e. The van der Waals surface area contributed by atoms with E-state index in [9.17, 15) is 0 Å². The van der Waals surface area contributed by atoms with Crippen molar-refractivity contribution in [1.29, 1.82) is 0 Å². The number of rotatable bonds is 0. The van der Waals surface area contributed by atoms with Crippen LogP contribution in [-0.4, -0.2) is 32.6 Å². The van der Waals surface area contributed by atoms with E-state index in [0.717, 1.165) is 0 Å². The lowest BCUT2D eigenvalue weighted by molar-refractivity contribution is 0.262. The van der Waals surface area contributed by atoms with E-state index < -0.39 is 0 Å². The molecule has 2 nitrogen and oxygen atoms in total. The van der Waals surface area contributed by atoms with Gasteiger partial charge in [0, 0.05) is 21.3 Å². The molecule has 1 heterocycles. The third kappa shape index (κ3) is 1.83. The highest BCUT2D eigenvalue weighted by molar-refractivity contribution is 9.10.